The first kappa shape index (κ1) is 34.6. The Morgan fingerprint density at radius 3 is 2.43 bits per heavy atom. The average Bonchev–Trinajstić information content (AvgIpc) is 3.79. The molecule has 47 heavy (non-hydrogen) atoms. The van der Waals surface area contributed by atoms with E-state index < -0.39 is 45.9 Å². The van der Waals surface area contributed by atoms with Crippen LogP contribution < -0.4 is 11.1 Å². The van der Waals surface area contributed by atoms with E-state index in [-0.39, 0.29) is 41.0 Å². The van der Waals surface area contributed by atoms with E-state index in [4.69, 9.17) is 10.5 Å². The standard InChI is InChI=1S/C39H64N2O6/c1-7-14-38(45,33-32(47-33)37(6,44)34(2,3)15-10-22-13-18-41-29(40)19-22)28-20-23-8-9-25-30-26(12-17-36(28,5)39(23,30)46)35(4)16-11-24(42)21-27(35)31(25)43/h22-24,26-29,32-33,41-42,44-46H,7-21,40H2,1-6H3/p+1. The normalized spacial score (nSPS) is 48.7. The van der Waals surface area contributed by atoms with Crippen LogP contribution in [-0.2, 0) is 9.53 Å². The van der Waals surface area contributed by atoms with E-state index in [2.05, 4.69) is 39.9 Å². The van der Waals surface area contributed by atoms with Gasteiger partial charge in [0, 0.05) is 17.8 Å². The molecule has 7 rings (SSSR count). The van der Waals surface area contributed by atoms with Crippen molar-refractivity contribution < 1.29 is 35.3 Å². The molecule has 5 aliphatic carbocycles. The number of aliphatic hydroxyl groups excluding tert-OH is 1. The summed E-state index contributed by atoms with van der Waals surface area (Å²) in [5, 5.41) is 51.2. The molecule has 0 aromatic rings. The molecule has 266 valence electrons. The van der Waals surface area contributed by atoms with Crippen molar-refractivity contribution in [3.63, 3.8) is 0 Å². The molecule has 0 bridgehead atoms. The van der Waals surface area contributed by atoms with Gasteiger partial charge in [0.15, 0.2) is 5.78 Å². The molecule has 0 aromatic carbocycles. The number of Topliss-reactive ketones (excluding diaryl/α,β-unsaturated/α-hetero) is 1. The number of piperidine rings is 1. The summed E-state index contributed by atoms with van der Waals surface area (Å²) in [6, 6.07) is 0. The molecule has 2 saturated heterocycles. The number of quaternary nitrogens is 1. The van der Waals surface area contributed by atoms with E-state index in [1.54, 1.807) is 0 Å². The zero-order valence-corrected chi connectivity index (χ0v) is 30.1. The summed E-state index contributed by atoms with van der Waals surface area (Å²) in [6.45, 7) is 13.8. The first-order chi connectivity index (χ1) is 22.0. The number of fused-ring (bicyclic) bond motifs is 2. The fourth-order valence-electron chi connectivity index (χ4n) is 12.9. The molecule has 0 amide bonds. The predicted molar refractivity (Wildman–Crippen MR) is 180 cm³/mol. The second-order valence-electron chi connectivity index (χ2n) is 18.9. The van der Waals surface area contributed by atoms with E-state index >= 15 is 0 Å². The Morgan fingerprint density at radius 2 is 1.72 bits per heavy atom. The molecule has 14 unspecified atom stereocenters. The van der Waals surface area contributed by atoms with Gasteiger partial charge in [0.1, 0.15) is 18.4 Å². The number of hydrogen-bond acceptors (Lipinski definition) is 7. The second-order valence-corrected chi connectivity index (χ2v) is 18.9. The number of aliphatic hydroxyl groups is 4. The minimum Gasteiger partial charge on any atom is -0.393 e. The SMILES string of the molecule is CCCC(O)(C1OC1C(C)(O)C(C)(C)CCC1CC[NH2+]C(N)C1)C1CC2CCC3=C4C(CCC1(C)C42O)C1(C)CCC(O)CC1C3=O. The maximum Gasteiger partial charge on any atom is 0.162 e. The molecule has 8 heteroatoms. The summed E-state index contributed by atoms with van der Waals surface area (Å²) in [7, 11) is 0. The molecule has 5 fully saturated rings. The van der Waals surface area contributed by atoms with Crippen LogP contribution in [0.3, 0.4) is 0 Å². The highest BCUT2D eigenvalue weighted by Gasteiger charge is 2.76. The van der Waals surface area contributed by atoms with Crippen LogP contribution in [-0.4, -0.2) is 74.0 Å². The van der Waals surface area contributed by atoms with E-state index in [1.165, 1.54) is 0 Å². The summed E-state index contributed by atoms with van der Waals surface area (Å²) < 4.78 is 6.47. The van der Waals surface area contributed by atoms with Crippen molar-refractivity contribution in [1.82, 2.24) is 0 Å². The lowest BCUT2D eigenvalue weighted by atomic mass is 9.42. The van der Waals surface area contributed by atoms with Gasteiger partial charge in [-0.2, -0.15) is 0 Å². The molecule has 8 N–H and O–H groups in total. The quantitative estimate of drug-likeness (QED) is 0.207. The van der Waals surface area contributed by atoms with Crippen molar-refractivity contribution in [3.05, 3.63) is 11.1 Å². The van der Waals surface area contributed by atoms with Gasteiger partial charge in [-0.3, -0.25) is 10.5 Å². The van der Waals surface area contributed by atoms with Gasteiger partial charge < -0.3 is 30.5 Å². The van der Waals surface area contributed by atoms with Crippen molar-refractivity contribution in [2.24, 2.45) is 51.6 Å². The van der Waals surface area contributed by atoms with Gasteiger partial charge in [-0.25, -0.2) is 0 Å². The van der Waals surface area contributed by atoms with Crippen LogP contribution >= 0.6 is 0 Å². The molecule has 3 saturated carbocycles. The Morgan fingerprint density at radius 1 is 0.979 bits per heavy atom. The Kier molecular flexibility index (Phi) is 8.32. The third kappa shape index (κ3) is 4.81. The highest BCUT2D eigenvalue weighted by Crippen LogP contribution is 2.74. The number of hydrogen-bond donors (Lipinski definition) is 6. The van der Waals surface area contributed by atoms with Crippen LogP contribution in [0.5, 0.6) is 0 Å². The highest BCUT2D eigenvalue weighted by molar-refractivity contribution is 6.00. The summed E-state index contributed by atoms with van der Waals surface area (Å²) in [6.07, 6.45) is 10.0. The van der Waals surface area contributed by atoms with Gasteiger partial charge in [0.25, 0.3) is 0 Å². The number of carbonyl (C=O) groups is 1. The van der Waals surface area contributed by atoms with Crippen molar-refractivity contribution in [2.45, 2.75) is 173 Å². The first-order valence-corrected chi connectivity index (χ1v) is 19.3. The molecule has 0 spiro atoms. The zero-order valence-electron chi connectivity index (χ0n) is 30.1. The predicted octanol–water partition coefficient (Wildman–Crippen LogP) is 3.72. The summed E-state index contributed by atoms with van der Waals surface area (Å²) in [5.74, 6) is 0.469. The van der Waals surface area contributed by atoms with Gasteiger partial charge in [-0.15, -0.1) is 0 Å². The zero-order chi connectivity index (χ0) is 33.9. The summed E-state index contributed by atoms with van der Waals surface area (Å²) in [4.78, 5) is 14.2. The van der Waals surface area contributed by atoms with E-state index in [0.29, 0.717) is 38.0 Å². The number of epoxide rings is 1. The fourth-order valence-corrected chi connectivity index (χ4v) is 12.9. The Balaban J connectivity index is 1.17. The molecular weight excluding hydrogens is 592 g/mol. The smallest absolute Gasteiger partial charge is 0.162 e. The lowest BCUT2D eigenvalue weighted by Gasteiger charge is -2.63. The Labute approximate surface area is 282 Å². The first-order valence-electron chi connectivity index (χ1n) is 19.3. The topological polar surface area (TPSA) is 153 Å². The monoisotopic (exact) mass is 657 g/mol. The minimum absolute atomic E-state index is 0.0159. The van der Waals surface area contributed by atoms with Crippen molar-refractivity contribution in [3.8, 4) is 0 Å². The largest absolute Gasteiger partial charge is 0.393 e. The number of rotatable bonds is 9. The van der Waals surface area contributed by atoms with Gasteiger partial charge >= 0.3 is 0 Å². The van der Waals surface area contributed by atoms with E-state index in [0.717, 1.165) is 75.5 Å². The molecule has 7 aliphatic rings. The van der Waals surface area contributed by atoms with Crippen LogP contribution in [0.4, 0.5) is 0 Å². The second kappa shape index (κ2) is 11.3. The summed E-state index contributed by atoms with van der Waals surface area (Å²) in [5.41, 5.74) is 3.34. The Bertz CT molecular complexity index is 1300. The van der Waals surface area contributed by atoms with Gasteiger partial charge in [-0.1, -0.05) is 41.0 Å². The summed E-state index contributed by atoms with van der Waals surface area (Å²) >= 11 is 0. The molecular formula is C39H65N2O6+. The van der Waals surface area contributed by atoms with Crippen LogP contribution in [0.25, 0.3) is 0 Å². The number of allylic oxidation sites excluding steroid dienone is 1. The maximum absolute atomic E-state index is 14.2. The van der Waals surface area contributed by atoms with Crippen molar-refractivity contribution in [2.75, 3.05) is 6.54 Å². The molecule has 2 aliphatic heterocycles. The van der Waals surface area contributed by atoms with Crippen molar-refractivity contribution >= 4 is 5.78 Å². The van der Waals surface area contributed by atoms with Crippen LogP contribution in [0.15, 0.2) is 11.1 Å². The lowest BCUT2D eigenvalue weighted by molar-refractivity contribution is -0.699. The maximum atomic E-state index is 14.2. The Hall–Kier alpha value is -0.870. The van der Waals surface area contributed by atoms with Gasteiger partial charge in [0.2, 0.25) is 0 Å². The minimum atomic E-state index is -1.19. The van der Waals surface area contributed by atoms with Crippen LogP contribution in [0.1, 0.15) is 131 Å². The lowest BCUT2D eigenvalue weighted by Crippen LogP contribution is -2.94. The highest BCUT2D eigenvalue weighted by atomic mass is 16.6. The van der Waals surface area contributed by atoms with E-state index in [9.17, 15) is 25.2 Å². The van der Waals surface area contributed by atoms with Gasteiger partial charge in [-0.05, 0) is 130 Å². The third-order valence-corrected chi connectivity index (χ3v) is 16.2. The number of carbonyl (C=O) groups excluding carboxylic acids is 1. The average molecular weight is 658 g/mol. The molecule has 2 heterocycles. The molecule has 0 radical (unpaired) electrons. The van der Waals surface area contributed by atoms with E-state index in [1.807, 2.05) is 6.92 Å². The number of ether oxygens (including phenoxy) is 1. The molecule has 0 aromatic heterocycles. The fraction of sp³-hybridized carbons (Fsp3) is 0.923. The number of nitrogens with two attached hydrogens (primary N) is 2. The third-order valence-electron chi connectivity index (χ3n) is 16.2. The van der Waals surface area contributed by atoms with Crippen LogP contribution in [0, 0.1) is 45.8 Å². The van der Waals surface area contributed by atoms with Crippen LogP contribution in [0.2, 0.25) is 0 Å². The molecule has 14 atom stereocenters. The van der Waals surface area contributed by atoms with Crippen molar-refractivity contribution in [1.29, 1.82) is 0 Å². The van der Waals surface area contributed by atoms with Gasteiger partial charge in [0.05, 0.1) is 29.5 Å². The number of ketones is 1. The molecule has 8 nitrogen and oxygen atoms in total.